The largest absolute Gasteiger partial charge is 0.493 e. The summed E-state index contributed by atoms with van der Waals surface area (Å²) in [6, 6.07) is 3.74. The van der Waals surface area contributed by atoms with Gasteiger partial charge in [0.05, 0.1) is 12.7 Å². The van der Waals surface area contributed by atoms with Crippen LogP contribution in [0.5, 0.6) is 11.5 Å². The fourth-order valence-corrected chi connectivity index (χ4v) is 1.83. The first-order chi connectivity index (χ1) is 7.17. The van der Waals surface area contributed by atoms with E-state index in [2.05, 4.69) is 0 Å². The monoisotopic (exact) mass is 206 g/mol. The first-order valence-electron chi connectivity index (χ1n) is 5.07. The smallest absolute Gasteiger partial charge is 0.207 e. The number of hydrogen-bond donors (Lipinski definition) is 0. The van der Waals surface area contributed by atoms with E-state index in [0.29, 0.717) is 23.5 Å². The van der Waals surface area contributed by atoms with Crippen LogP contribution in [-0.4, -0.2) is 19.0 Å². The van der Waals surface area contributed by atoms with Gasteiger partial charge in [-0.1, -0.05) is 6.92 Å². The minimum absolute atomic E-state index is 0.0644. The normalized spacial score (nSPS) is 18.6. The number of ketones is 1. The van der Waals surface area contributed by atoms with E-state index in [0.717, 1.165) is 5.56 Å². The Labute approximate surface area is 89.0 Å². The Morgan fingerprint density at radius 2 is 2.20 bits per heavy atom. The maximum atomic E-state index is 11.9. The van der Waals surface area contributed by atoms with Crippen LogP contribution in [0.4, 0.5) is 0 Å². The van der Waals surface area contributed by atoms with Crippen molar-refractivity contribution in [2.45, 2.75) is 26.4 Å². The molecule has 0 saturated carbocycles. The second-order valence-electron chi connectivity index (χ2n) is 3.72. The van der Waals surface area contributed by atoms with E-state index in [1.54, 1.807) is 7.11 Å². The van der Waals surface area contributed by atoms with E-state index in [1.807, 2.05) is 26.0 Å². The van der Waals surface area contributed by atoms with Crippen molar-refractivity contribution in [3.05, 3.63) is 23.3 Å². The summed E-state index contributed by atoms with van der Waals surface area (Å²) in [4.78, 5) is 11.9. The molecular formula is C12H14O3. The lowest BCUT2D eigenvalue weighted by Gasteiger charge is -2.08. The Morgan fingerprint density at radius 3 is 2.80 bits per heavy atom. The number of methoxy groups -OCH3 is 1. The highest BCUT2D eigenvalue weighted by molar-refractivity contribution is 6.05. The summed E-state index contributed by atoms with van der Waals surface area (Å²) in [7, 11) is 1.59. The molecule has 0 spiro atoms. The summed E-state index contributed by atoms with van der Waals surface area (Å²) in [5.41, 5.74) is 1.66. The van der Waals surface area contributed by atoms with Gasteiger partial charge in [0.2, 0.25) is 5.78 Å². The lowest BCUT2D eigenvalue weighted by molar-refractivity contribution is 0.0851. The van der Waals surface area contributed by atoms with E-state index in [9.17, 15) is 4.79 Å². The minimum Gasteiger partial charge on any atom is -0.493 e. The third-order valence-corrected chi connectivity index (χ3v) is 2.61. The molecule has 1 atom stereocenters. The number of ether oxygens (including phenoxy) is 2. The number of rotatable bonds is 2. The molecule has 0 aliphatic carbocycles. The van der Waals surface area contributed by atoms with Crippen molar-refractivity contribution in [1.82, 2.24) is 0 Å². The zero-order valence-electron chi connectivity index (χ0n) is 9.16. The van der Waals surface area contributed by atoms with Gasteiger partial charge in [-0.05, 0) is 31.0 Å². The molecule has 0 amide bonds. The van der Waals surface area contributed by atoms with Gasteiger partial charge in [-0.2, -0.15) is 0 Å². The van der Waals surface area contributed by atoms with Crippen LogP contribution in [0.15, 0.2) is 12.1 Å². The Morgan fingerprint density at radius 1 is 1.47 bits per heavy atom. The maximum Gasteiger partial charge on any atom is 0.207 e. The molecule has 1 aromatic rings. The third-order valence-electron chi connectivity index (χ3n) is 2.61. The van der Waals surface area contributed by atoms with Gasteiger partial charge < -0.3 is 9.47 Å². The van der Waals surface area contributed by atoms with Gasteiger partial charge in [-0.3, -0.25) is 4.79 Å². The van der Waals surface area contributed by atoms with E-state index in [-0.39, 0.29) is 11.9 Å². The molecule has 1 unspecified atom stereocenters. The molecule has 0 aromatic heterocycles. The van der Waals surface area contributed by atoms with Crippen LogP contribution < -0.4 is 9.47 Å². The van der Waals surface area contributed by atoms with Crippen molar-refractivity contribution in [3.8, 4) is 11.5 Å². The number of carbonyl (C=O) groups excluding carboxylic acids is 1. The van der Waals surface area contributed by atoms with Gasteiger partial charge in [0.1, 0.15) is 0 Å². The van der Waals surface area contributed by atoms with Crippen LogP contribution in [0.1, 0.15) is 29.3 Å². The fraction of sp³-hybridized carbons (Fsp3) is 0.417. The van der Waals surface area contributed by atoms with Crippen molar-refractivity contribution < 1.29 is 14.3 Å². The zero-order valence-corrected chi connectivity index (χ0v) is 9.16. The summed E-state index contributed by atoms with van der Waals surface area (Å²) < 4.78 is 10.8. The van der Waals surface area contributed by atoms with Gasteiger partial charge in [0.15, 0.2) is 17.6 Å². The quantitative estimate of drug-likeness (QED) is 0.745. The Bertz CT molecular complexity index is 410. The molecule has 80 valence electrons. The molecule has 1 aliphatic rings. The molecule has 0 saturated heterocycles. The average molecular weight is 206 g/mol. The molecule has 0 fully saturated rings. The maximum absolute atomic E-state index is 11.9. The number of fused-ring (bicyclic) bond motifs is 1. The Hall–Kier alpha value is -1.51. The van der Waals surface area contributed by atoms with Crippen molar-refractivity contribution in [2.75, 3.05) is 7.11 Å². The van der Waals surface area contributed by atoms with Gasteiger partial charge in [0, 0.05) is 0 Å². The predicted octanol–water partition coefficient (Wildman–Crippen LogP) is 2.36. The summed E-state index contributed by atoms with van der Waals surface area (Å²) in [5, 5.41) is 0. The van der Waals surface area contributed by atoms with E-state index in [1.165, 1.54) is 0 Å². The van der Waals surface area contributed by atoms with Gasteiger partial charge in [-0.15, -0.1) is 0 Å². The second-order valence-corrected chi connectivity index (χ2v) is 3.72. The topological polar surface area (TPSA) is 35.5 Å². The lowest BCUT2D eigenvalue weighted by atomic mass is 10.0. The van der Waals surface area contributed by atoms with Crippen LogP contribution in [-0.2, 0) is 0 Å². The van der Waals surface area contributed by atoms with Gasteiger partial charge in [-0.25, -0.2) is 0 Å². The predicted molar refractivity (Wildman–Crippen MR) is 56.8 cm³/mol. The van der Waals surface area contributed by atoms with E-state index < -0.39 is 0 Å². The number of Topliss-reactive ketones (excluding diaryl/α,β-unsaturated/α-hetero) is 1. The second kappa shape index (κ2) is 3.57. The van der Waals surface area contributed by atoms with Crippen LogP contribution >= 0.6 is 0 Å². The van der Waals surface area contributed by atoms with Crippen molar-refractivity contribution in [2.24, 2.45) is 0 Å². The highest BCUT2D eigenvalue weighted by Gasteiger charge is 2.33. The summed E-state index contributed by atoms with van der Waals surface area (Å²) >= 11 is 0. The van der Waals surface area contributed by atoms with Crippen LogP contribution in [0.3, 0.4) is 0 Å². The molecule has 3 heteroatoms. The number of benzene rings is 1. The van der Waals surface area contributed by atoms with E-state index in [4.69, 9.17) is 9.47 Å². The van der Waals surface area contributed by atoms with Crippen molar-refractivity contribution in [3.63, 3.8) is 0 Å². The zero-order chi connectivity index (χ0) is 11.0. The summed E-state index contributed by atoms with van der Waals surface area (Å²) in [6.07, 6.45) is 0.353. The summed E-state index contributed by atoms with van der Waals surface area (Å²) in [6.45, 7) is 3.88. The molecule has 1 aliphatic heterocycles. The van der Waals surface area contributed by atoms with Gasteiger partial charge >= 0.3 is 0 Å². The molecule has 15 heavy (non-hydrogen) atoms. The number of carbonyl (C=O) groups is 1. The average Bonchev–Trinajstić information content (AvgIpc) is 2.55. The Kier molecular flexibility index (Phi) is 2.39. The van der Waals surface area contributed by atoms with Crippen LogP contribution in [0.2, 0.25) is 0 Å². The first-order valence-corrected chi connectivity index (χ1v) is 5.07. The van der Waals surface area contributed by atoms with Crippen LogP contribution in [0.25, 0.3) is 0 Å². The third kappa shape index (κ3) is 1.48. The molecule has 3 nitrogen and oxygen atoms in total. The highest BCUT2D eigenvalue weighted by atomic mass is 16.5. The molecular weight excluding hydrogens is 192 g/mol. The van der Waals surface area contributed by atoms with Crippen molar-refractivity contribution >= 4 is 5.78 Å². The lowest BCUT2D eigenvalue weighted by Crippen LogP contribution is -2.18. The SMILES string of the molecule is CCC1Oc2c(OC)cc(C)cc2C1=O. The fourth-order valence-electron chi connectivity index (χ4n) is 1.83. The molecule has 0 radical (unpaired) electrons. The molecule has 0 bridgehead atoms. The Balaban J connectivity index is 2.53. The van der Waals surface area contributed by atoms with Crippen LogP contribution in [0, 0.1) is 6.92 Å². The molecule has 1 aromatic carbocycles. The standard InChI is InChI=1S/C12H14O3/c1-4-9-11(13)8-5-7(2)6-10(14-3)12(8)15-9/h5-6,9H,4H2,1-3H3. The molecule has 0 N–H and O–H groups in total. The first kappa shape index (κ1) is 10.0. The number of hydrogen-bond acceptors (Lipinski definition) is 3. The molecule has 2 rings (SSSR count). The number of aryl methyl sites for hydroxylation is 1. The minimum atomic E-state index is -0.337. The highest BCUT2D eigenvalue weighted by Crippen LogP contribution is 2.39. The molecule has 1 heterocycles. The van der Waals surface area contributed by atoms with E-state index >= 15 is 0 Å². The van der Waals surface area contributed by atoms with Crippen molar-refractivity contribution in [1.29, 1.82) is 0 Å². The van der Waals surface area contributed by atoms with Gasteiger partial charge in [0.25, 0.3) is 0 Å². The summed E-state index contributed by atoms with van der Waals surface area (Å²) in [5.74, 6) is 1.31.